The first kappa shape index (κ1) is 19.9. The molecule has 0 atom stereocenters. The van der Waals surface area contributed by atoms with E-state index in [1.165, 1.54) is 18.4 Å². The minimum atomic E-state index is -4.66. The van der Waals surface area contributed by atoms with Crippen LogP contribution in [0.25, 0.3) is 16.2 Å². The van der Waals surface area contributed by atoms with Crippen molar-refractivity contribution in [3.05, 3.63) is 70.9 Å². The number of halogens is 3. The van der Waals surface area contributed by atoms with E-state index in [9.17, 15) is 18.0 Å². The van der Waals surface area contributed by atoms with Crippen LogP contribution in [0.1, 0.15) is 21.6 Å². The van der Waals surface area contributed by atoms with Crippen molar-refractivity contribution >= 4 is 22.9 Å². The molecule has 6 nitrogen and oxygen atoms in total. The van der Waals surface area contributed by atoms with Crippen LogP contribution in [-0.4, -0.2) is 27.6 Å². The number of nitrogens with zero attached hydrogens (tertiary/aromatic N) is 3. The molecule has 0 aliphatic heterocycles. The molecule has 0 saturated carbocycles. The maximum atomic E-state index is 13.6. The lowest BCUT2D eigenvalue weighted by atomic mass is 10.2. The highest BCUT2D eigenvalue weighted by Crippen LogP contribution is 2.33. The van der Waals surface area contributed by atoms with Gasteiger partial charge >= 0.3 is 6.18 Å². The average molecular weight is 432 g/mol. The molecule has 0 spiro atoms. The molecule has 0 fully saturated rings. The Morgan fingerprint density at radius 3 is 2.77 bits per heavy atom. The number of aromatic nitrogens is 3. The summed E-state index contributed by atoms with van der Waals surface area (Å²) in [6.07, 6.45) is -3.57. The van der Waals surface area contributed by atoms with Crippen LogP contribution in [0, 0.1) is 0 Å². The van der Waals surface area contributed by atoms with Crippen LogP contribution in [0.2, 0.25) is 0 Å². The largest absolute Gasteiger partial charge is 0.497 e. The fourth-order valence-electron chi connectivity index (χ4n) is 2.94. The van der Waals surface area contributed by atoms with Gasteiger partial charge < -0.3 is 10.1 Å². The number of ether oxygens (including phenoxy) is 1. The number of alkyl halides is 3. The topological polar surface area (TPSA) is 68.5 Å². The molecule has 154 valence electrons. The quantitative estimate of drug-likeness (QED) is 0.507. The number of nitrogens with one attached hydrogen (secondary N) is 1. The summed E-state index contributed by atoms with van der Waals surface area (Å²) in [6.45, 7) is 0.171. The van der Waals surface area contributed by atoms with E-state index in [-0.39, 0.29) is 23.4 Å². The Balaban J connectivity index is 1.70. The van der Waals surface area contributed by atoms with Gasteiger partial charge in [0, 0.05) is 6.54 Å². The summed E-state index contributed by atoms with van der Waals surface area (Å²) in [4.78, 5) is 17.5. The summed E-state index contributed by atoms with van der Waals surface area (Å²) in [7, 11) is 1.53. The molecule has 0 aliphatic rings. The van der Waals surface area contributed by atoms with Crippen LogP contribution in [0.5, 0.6) is 5.75 Å². The van der Waals surface area contributed by atoms with Crippen LogP contribution in [0.4, 0.5) is 13.2 Å². The zero-order valence-corrected chi connectivity index (χ0v) is 16.4. The van der Waals surface area contributed by atoms with Gasteiger partial charge in [-0.15, -0.1) is 11.3 Å². The second-order valence-electron chi connectivity index (χ2n) is 6.33. The van der Waals surface area contributed by atoms with Gasteiger partial charge in [0.05, 0.1) is 23.9 Å². The molecular weight excluding hydrogens is 417 g/mol. The fraction of sp³-hybridized carbons (Fsp3) is 0.150. The Labute approximate surface area is 172 Å². The molecule has 1 aromatic carbocycles. The second-order valence-corrected chi connectivity index (χ2v) is 7.28. The van der Waals surface area contributed by atoms with Crippen molar-refractivity contribution in [1.29, 1.82) is 0 Å². The maximum absolute atomic E-state index is 13.6. The molecule has 1 N–H and O–H groups in total. The Bertz CT molecular complexity index is 1200. The summed E-state index contributed by atoms with van der Waals surface area (Å²) in [5.74, 6) is 0.0616. The van der Waals surface area contributed by atoms with Crippen molar-refractivity contribution in [3.8, 4) is 16.3 Å². The van der Waals surface area contributed by atoms with Crippen LogP contribution >= 0.6 is 11.3 Å². The van der Waals surface area contributed by atoms with E-state index < -0.39 is 17.8 Å². The van der Waals surface area contributed by atoms with Gasteiger partial charge in [0.2, 0.25) is 0 Å². The fourth-order valence-corrected chi connectivity index (χ4v) is 3.62. The molecule has 4 rings (SSSR count). The number of carbonyl (C=O) groups excluding carboxylic acids is 1. The van der Waals surface area contributed by atoms with Gasteiger partial charge in [0.25, 0.3) is 5.91 Å². The lowest BCUT2D eigenvalue weighted by molar-refractivity contribution is -0.142. The third kappa shape index (κ3) is 3.86. The van der Waals surface area contributed by atoms with E-state index in [0.29, 0.717) is 15.1 Å². The smallest absolute Gasteiger partial charge is 0.433 e. The van der Waals surface area contributed by atoms with E-state index >= 15 is 0 Å². The van der Waals surface area contributed by atoms with Crippen LogP contribution in [0.15, 0.2) is 54.0 Å². The zero-order chi connectivity index (χ0) is 21.3. The van der Waals surface area contributed by atoms with Crippen LogP contribution in [-0.2, 0) is 12.7 Å². The van der Waals surface area contributed by atoms with Gasteiger partial charge in [-0.05, 0) is 35.2 Å². The third-order valence-electron chi connectivity index (χ3n) is 4.37. The predicted molar refractivity (Wildman–Crippen MR) is 105 cm³/mol. The Hall–Kier alpha value is -3.40. The lowest BCUT2D eigenvalue weighted by Gasteiger charge is -2.11. The van der Waals surface area contributed by atoms with E-state index in [2.05, 4.69) is 15.4 Å². The van der Waals surface area contributed by atoms with Crippen LogP contribution in [0.3, 0.4) is 0 Å². The number of benzene rings is 1. The van der Waals surface area contributed by atoms with Gasteiger partial charge in [-0.1, -0.05) is 18.2 Å². The van der Waals surface area contributed by atoms with Gasteiger partial charge in [-0.25, -0.2) is 9.50 Å². The summed E-state index contributed by atoms with van der Waals surface area (Å²) in [5.41, 5.74) is -0.282. The van der Waals surface area contributed by atoms with Gasteiger partial charge in [-0.3, -0.25) is 4.79 Å². The van der Waals surface area contributed by atoms with E-state index in [1.54, 1.807) is 41.8 Å². The molecule has 0 bridgehead atoms. The number of rotatable bonds is 5. The molecule has 3 aromatic heterocycles. The number of amides is 1. The first-order valence-corrected chi connectivity index (χ1v) is 9.66. The molecule has 0 saturated heterocycles. The number of carbonyl (C=O) groups is 1. The Kier molecular flexibility index (Phi) is 5.17. The van der Waals surface area contributed by atoms with Crippen molar-refractivity contribution in [1.82, 2.24) is 19.9 Å². The summed E-state index contributed by atoms with van der Waals surface area (Å²) < 4.78 is 46.6. The minimum absolute atomic E-state index is 0.0400. The zero-order valence-electron chi connectivity index (χ0n) is 15.6. The first-order valence-electron chi connectivity index (χ1n) is 8.78. The van der Waals surface area contributed by atoms with Crippen molar-refractivity contribution in [3.63, 3.8) is 0 Å². The molecule has 0 aliphatic carbocycles. The summed E-state index contributed by atoms with van der Waals surface area (Å²) >= 11 is 1.26. The highest BCUT2D eigenvalue weighted by Gasteiger charge is 2.36. The SMILES string of the molecule is COc1cccc(CNC(=O)c2cnn3c(C(F)(F)F)cc(-c4cccs4)nc23)c1. The maximum Gasteiger partial charge on any atom is 0.433 e. The third-order valence-corrected chi connectivity index (χ3v) is 5.26. The number of hydrogen-bond donors (Lipinski definition) is 1. The van der Waals surface area contributed by atoms with Gasteiger partial charge in [0.1, 0.15) is 11.3 Å². The number of hydrogen-bond acceptors (Lipinski definition) is 5. The number of thiophene rings is 1. The predicted octanol–water partition coefficient (Wildman–Crippen LogP) is 4.42. The lowest BCUT2D eigenvalue weighted by Crippen LogP contribution is -2.23. The number of fused-ring (bicyclic) bond motifs is 1. The standard InChI is InChI=1S/C20H15F3N4O2S/c1-29-13-5-2-4-12(8-13)10-24-19(28)14-11-25-27-17(20(21,22)23)9-15(26-18(14)27)16-6-3-7-30-16/h2-9,11H,10H2,1H3,(H,24,28). The second kappa shape index (κ2) is 7.79. The molecule has 10 heteroatoms. The average Bonchev–Trinajstić information content (AvgIpc) is 3.40. The molecule has 0 radical (unpaired) electrons. The molecule has 4 aromatic rings. The minimum Gasteiger partial charge on any atom is -0.497 e. The monoisotopic (exact) mass is 432 g/mol. The van der Waals surface area contributed by atoms with Gasteiger partial charge in [0.15, 0.2) is 11.3 Å². The number of methoxy groups -OCH3 is 1. The molecular formula is C20H15F3N4O2S. The molecule has 1 amide bonds. The Morgan fingerprint density at radius 2 is 2.07 bits per heavy atom. The van der Waals surface area contributed by atoms with Crippen molar-refractivity contribution in [2.45, 2.75) is 12.7 Å². The Morgan fingerprint density at radius 1 is 1.23 bits per heavy atom. The molecule has 0 unspecified atom stereocenters. The highest BCUT2D eigenvalue weighted by molar-refractivity contribution is 7.13. The van der Waals surface area contributed by atoms with E-state index in [0.717, 1.165) is 17.8 Å². The molecule has 30 heavy (non-hydrogen) atoms. The summed E-state index contributed by atoms with van der Waals surface area (Å²) in [5, 5.41) is 8.20. The highest BCUT2D eigenvalue weighted by atomic mass is 32.1. The van der Waals surface area contributed by atoms with E-state index in [1.807, 2.05) is 0 Å². The normalized spacial score (nSPS) is 11.6. The first-order chi connectivity index (χ1) is 14.4. The molecule has 3 heterocycles. The van der Waals surface area contributed by atoms with E-state index in [4.69, 9.17) is 4.74 Å². The van der Waals surface area contributed by atoms with Crippen LogP contribution < -0.4 is 10.1 Å². The van der Waals surface area contributed by atoms with Crippen molar-refractivity contribution in [2.75, 3.05) is 7.11 Å². The van der Waals surface area contributed by atoms with Gasteiger partial charge in [-0.2, -0.15) is 18.3 Å². The van der Waals surface area contributed by atoms with Crippen molar-refractivity contribution < 1.29 is 22.7 Å². The summed E-state index contributed by atoms with van der Waals surface area (Å²) in [6, 6.07) is 11.4. The van der Waals surface area contributed by atoms with Crippen molar-refractivity contribution in [2.24, 2.45) is 0 Å².